The Morgan fingerprint density at radius 1 is 0.774 bits per heavy atom. The van der Waals surface area contributed by atoms with E-state index in [9.17, 15) is 24.3 Å². The van der Waals surface area contributed by atoms with E-state index in [1.54, 1.807) is 60.7 Å². The number of hydrogen-bond donors (Lipinski definition) is 1. The van der Waals surface area contributed by atoms with Crippen molar-refractivity contribution in [2.45, 2.75) is 25.7 Å². The summed E-state index contributed by atoms with van der Waals surface area (Å²) in [7, 11) is 5.39. The maximum Gasteiger partial charge on any atom is 0.241 e. The second kappa shape index (κ2) is 12.8. The van der Waals surface area contributed by atoms with Crippen molar-refractivity contribution in [1.82, 2.24) is 0 Å². The van der Waals surface area contributed by atoms with Crippen LogP contribution < -0.4 is 19.4 Å². The summed E-state index contributed by atoms with van der Waals surface area (Å²) in [6, 6.07) is 28.4. The molecule has 6 atom stereocenters. The summed E-state index contributed by atoms with van der Waals surface area (Å²) in [4.78, 5) is 62.0. The fourth-order valence-corrected chi connectivity index (χ4v) is 8.95. The quantitative estimate of drug-likeness (QED) is 0.121. The Morgan fingerprint density at radius 2 is 1.42 bits per heavy atom. The van der Waals surface area contributed by atoms with E-state index in [-0.39, 0.29) is 41.5 Å². The van der Waals surface area contributed by atoms with Crippen LogP contribution in [0, 0.1) is 29.1 Å². The number of amides is 4. The standard InChI is InChI=1S/C42H39N5O6/c1-42-33(39(50)47(41(42)52)28-8-6-5-7-9-28)23-32-30(37(42)24-10-21-34(48)35(22-24)53-4)19-20-31-36(32)40(51)46(38(31)49)29-17-13-26(14-18-29)44-43-25-11-15-27(16-12-25)45(2)3/h5-19,21-22,31-33,36-37,48H,20,23H2,1-4H3. The average molecular weight is 710 g/mol. The molecule has 2 heterocycles. The number of phenolic OH excluding ortho intramolecular Hbond substituents is 1. The lowest BCUT2D eigenvalue weighted by atomic mass is 9.51. The van der Waals surface area contributed by atoms with Crippen LogP contribution >= 0.6 is 0 Å². The molecule has 3 fully saturated rings. The molecule has 0 spiro atoms. The maximum atomic E-state index is 14.6. The fourth-order valence-electron chi connectivity index (χ4n) is 8.95. The van der Waals surface area contributed by atoms with Crippen LogP contribution in [0.2, 0.25) is 0 Å². The van der Waals surface area contributed by atoms with Gasteiger partial charge in [-0.15, -0.1) is 0 Å². The van der Waals surface area contributed by atoms with E-state index in [4.69, 9.17) is 4.74 Å². The van der Waals surface area contributed by atoms with Gasteiger partial charge in [-0.25, -0.2) is 4.90 Å². The molecule has 0 bridgehead atoms. The lowest BCUT2D eigenvalue weighted by molar-refractivity contribution is -0.131. The zero-order valence-corrected chi connectivity index (χ0v) is 29.8. The van der Waals surface area contributed by atoms with Gasteiger partial charge in [-0.1, -0.05) is 35.9 Å². The zero-order chi connectivity index (χ0) is 37.2. The molecule has 4 aliphatic rings. The normalized spacial score (nSPS) is 26.4. The largest absolute Gasteiger partial charge is 0.504 e. The molecule has 2 aliphatic heterocycles. The molecule has 6 unspecified atom stereocenters. The lowest BCUT2D eigenvalue weighted by Crippen LogP contribution is -2.48. The molecule has 4 amide bonds. The first-order valence-corrected chi connectivity index (χ1v) is 17.7. The number of fused-ring (bicyclic) bond motifs is 4. The minimum Gasteiger partial charge on any atom is -0.504 e. The second-order valence-corrected chi connectivity index (χ2v) is 14.6. The molecular weight excluding hydrogens is 670 g/mol. The summed E-state index contributed by atoms with van der Waals surface area (Å²) >= 11 is 0. The van der Waals surface area contributed by atoms with Gasteiger partial charge in [0.15, 0.2) is 11.5 Å². The van der Waals surface area contributed by atoms with Crippen molar-refractivity contribution in [2.24, 2.45) is 39.3 Å². The van der Waals surface area contributed by atoms with Gasteiger partial charge in [-0.3, -0.25) is 24.1 Å². The summed E-state index contributed by atoms with van der Waals surface area (Å²) in [6.07, 6.45) is 2.56. The molecule has 4 aromatic rings. The Balaban J connectivity index is 1.13. The van der Waals surface area contributed by atoms with Gasteiger partial charge in [0.05, 0.1) is 53.0 Å². The van der Waals surface area contributed by atoms with Gasteiger partial charge in [-0.2, -0.15) is 10.2 Å². The van der Waals surface area contributed by atoms with Crippen LogP contribution in [0.3, 0.4) is 0 Å². The maximum absolute atomic E-state index is 14.6. The van der Waals surface area contributed by atoms with E-state index in [1.807, 2.05) is 62.3 Å². The minimum absolute atomic E-state index is 0.0545. The van der Waals surface area contributed by atoms with Crippen LogP contribution in [-0.2, 0) is 19.2 Å². The highest BCUT2D eigenvalue weighted by atomic mass is 16.5. The third kappa shape index (κ3) is 5.32. The summed E-state index contributed by atoms with van der Waals surface area (Å²) in [5.74, 6) is -4.27. The molecule has 11 nitrogen and oxygen atoms in total. The number of phenols is 1. The van der Waals surface area contributed by atoms with Crippen molar-refractivity contribution < 1.29 is 29.0 Å². The molecule has 268 valence electrons. The predicted octanol–water partition coefficient (Wildman–Crippen LogP) is 7.32. The molecule has 1 saturated carbocycles. The van der Waals surface area contributed by atoms with Crippen LogP contribution in [0.5, 0.6) is 11.5 Å². The Kier molecular flexibility index (Phi) is 8.24. The highest BCUT2D eigenvalue weighted by Crippen LogP contribution is 2.64. The Morgan fingerprint density at radius 3 is 2.06 bits per heavy atom. The van der Waals surface area contributed by atoms with Crippen molar-refractivity contribution in [2.75, 3.05) is 35.9 Å². The van der Waals surface area contributed by atoms with Gasteiger partial charge >= 0.3 is 0 Å². The highest BCUT2D eigenvalue weighted by Gasteiger charge is 2.67. The summed E-state index contributed by atoms with van der Waals surface area (Å²) in [5.41, 5.74) is 3.57. The van der Waals surface area contributed by atoms with E-state index >= 15 is 0 Å². The number of allylic oxidation sites excluding steroid dienone is 2. The third-order valence-electron chi connectivity index (χ3n) is 11.6. The molecule has 0 radical (unpaired) electrons. The van der Waals surface area contributed by atoms with Crippen molar-refractivity contribution in [3.63, 3.8) is 0 Å². The minimum atomic E-state index is -1.20. The number of para-hydroxylation sites is 1. The fraction of sp³-hybridized carbons (Fsp3) is 0.286. The number of imide groups is 2. The van der Waals surface area contributed by atoms with Gasteiger partial charge in [0.2, 0.25) is 23.6 Å². The van der Waals surface area contributed by atoms with Crippen LogP contribution in [-0.4, -0.2) is 49.9 Å². The molecule has 11 heteroatoms. The monoisotopic (exact) mass is 709 g/mol. The Bertz CT molecular complexity index is 2200. The number of carbonyl (C=O) groups excluding carboxylic acids is 4. The smallest absolute Gasteiger partial charge is 0.241 e. The van der Waals surface area contributed by atoms with E-state index in [1.165, 1.54) is 23.0 Å². The number of carbonyl (C=O) groups is 4. The van der Waals surface area contributed by atoms with Gasteiger partial charge in [0, 0.05) is 25.7 Å². The van der Waals surface area contributed by atoms with E-state index < -0.39 is 35.0 Å². The highest BCUT2D eigenvalue weighted by molar-refractivity contribution is 6.25. The third-order valence-corrected chi connectivity index (χ3v) is 11.6. The molecule has 8 rings (SSSR count). The molecule has 0 aromatic heterocycles. The van der Waals surface area contributed by atoms with Crippen LogP contribution in [0.15, 0.2) is 119 Å². The number of methoxy groups -OCH3 is 1. The molecular formula is C42H39N5O6. The number of rotatable bonds is 7. The summed E-state index contributed by atoms with van der Waals surface area (Å²) in [6.45, 7) is 1.83. The molecule has 53 heavy (non-hydrogen) atoms. The summed E-state index contributed by atoms with van der Waals surface area (Å²) in [5, 5.41) is 19.2. The number of ether oxygens (including phenoxy) is 1. The Hall–Kier alpha value is -6.10. The molecule has 2 aliphatic carbocycles. The van der Waals surface area contributed by atoms with Gasteiger partial charge in [0.1, 0.15) is 0 Å². The van der Waals surface area contributed by atoms with E-state index in [2.05, 4.69) is 10.2 Å². The van der Waals surface area contributed by atoms with Crippen LogP contribution in [0.4, 0.5) is 28.4 Å². The average Bonchev–Trinajstić information content (AvgIpc) is 3.54. The lowest BCUT2D eigenvalue weighted by Gasteiger charge is -2.49. The van der Waals surface area contributed by atoms with E-state index in [0.717, 1.165) is 11.3 Å². The number of azo groups is 1. The van der Waals surface area contributed by atoms with Crippen molar-refractivity contribution in [3.05, 3.63) is 114 Å². The number of hydrogen-bond acceptors (Lipinski definition) is 9. The van der Waals surface area contributed by atoms with Crippen molar-refractivity contribution in [1.29, 1.82) is 0 Å². The van der Waals surface area contributed by atoms with Gasteiger partial charge < -0.3 is 14.7 Å². The van der Waals surface area contributed by atoms with Crippen molar-refractivity contribution >= 4 is 52.1 Å². The number of nitrogens with zero attached hydrogens (tertiary/aromatic N) is 5. The first-order chi connectivity index (χ1) is 25.5. The van der Waals surface area contributed by atoms with E-state index in [0.29, 0.717) is 34.7 Å². The topological polar surface area (TPSA) is 132 Å². The zero-order valence-electron chi connectivity index (χ0n) is 29.8. The molecule has 1 N–H and O–H groups in total. The first-order valence-electron chi connectivity index (χ1n) is 17.7. The van der Waals surface area contributed by atoms with Gasteiger partial charge in [0.25, 0.3) is 0 Å². The van der Waals surface area contributed by atoms with Crippen molar-refractivity contribution in [3.8, 4) is 11.5 Å². The molecule has 4 aromatic carbocycles. The SMILES string of the molecule is COc1cc(C2C3=CCC4C(=O)N(c5ccc(N=Nc6ccc(N(C)C)cc6)cc5)C(=O)C4C3CC3C(=O)N(c4ccccc4)C(=O)C32C)ccc1O. The predicted molar refractivity (Wildman–Crippen MR) is 200 cm³/mol. The second-order valence-electron chi connectivity index (χ2n) is 14.6. The summed E-state index contributed by atoms with van der Waals surface area (Å²) < 4.78 is 5.47. The number of benzene rings is 4. The van der Waals surface area contributed by atoms with Crippen LogP contribution in [0.25, 0.3) is 0 Å². The number of anilines is 3. The molecule has 2 saturated heterocycles. The van der Waals surface area contributed by atoms with Crippen LogP contribution in [0.1, 0.15) is 31.2 Å². The Labute approximate surface area is 307 Å². The van der Waals surface area contributed by atoms with Gasteiger partial charge in [-0.05, 0) is 104 Å². The number of aromatic hydroxyl groups is 1. The first kappa shape index (κ1) is 34.0.